The molecule has 9 heavy (non-hydrogen) atoms. The molecule has 1 aliphatic rings. The van der Waals surface area contributed by atoms with Crippen LogP contribution in [0, 0.1) is 5.92 Å². The average molecular weight is 130 g/mol. The zero-order valence-corrected chi connectivity index (χ0v) is 5.84. The number of aliphatic hydroxyl groups excluding tert-OH is 1. The topological polar surface area (TPSA) is 29.5 Å². The Bertz CT molecular complexity index is 75.0. The van der Waals surface area contributed by atoms with Gasteiger partial charge in [-0.2, -0.15) is 0 Å². The molecule has 0 aromatic heterocycles. The van der Waals surface area contributed by atoms with Crippen LogP contribution in [0.15, 0.2) is 0 Å². The standard InChI is InChI=1S/C7H14O2/c1-6(8)4-7-2-3-9-5-7/h6-8H,2-5H2,1H3. The molecule has 1 aliphatic heterocycles. The number of hydrogen-bond acceptors (Lipinski definition) is 2. The Morgan fingerprint density at radius 2 is 2.56 bits per heavy atom. The number of ether oxygens (including phenoxy) is 1. The largest absolute Gasteiger partial charge is 0.393 e. The highest BCUT2D eigenvalue weighted by Crippen LogP contribution is 2.17. The smallest absolute Gasteiger partial charge is 0.0515 e. The van der Waals surface area contributed by atoms with E-state index in [-0.39, 0.29) is 6.10 Å². The maximum Gasteiger partial charge on any atom is 0.0515 e. The molecule has 0 radical (unpaired) electrons. The van der Waals surface area contributed by atoms with Gasteiger partial charge in [-0.3, -0.25) is 0 Å². The molecule has 1 N–H and O–H groups in total. The maximum atomic E-state index is 8.96. The monoisotopic (exact) mass is 130 g/mol. The van der Waals surface area contributed by atoms with E-state index in [1.54, 1.807) is 0 Å². The zero-order valence-electron chi connectivity index (χ0n) is 5.84. The fraction of sp³-hybridized carbons (Fsp3) is 1.00. The first kappa shape index (κ1) is 7.03. The van der Waals surface area contributed by atoms with Gasteiger partial charge in [0.05, 0.1) is 6.10 Å². The summed E-state index contributed by atoms with van der Waals surface area (Å²) in [7, 11) is 0. The van der Waals surface area contributed by atoms with E-state index in [4.69, 9.17) is 9.84 Å². The predicted octanol–water partition coefficient (Wildman–Crippen LogP) is 0.794. The van der Waals surface area contributed by atoms with Crippen LogP contribution in [0.25, 0.3) is 0 Å². The van der Waals surface area contributed by atoms with Gasteiger partial charge in [0, 0.05) is 13.2 Å². The highest BCUT2D eigenvalue weighted by Gasteiger charge is 2.16. The van der Waals surface area contributed by atoms with Crippen molar-refractivity contribution in [2.45, 2.75) is 25.9 Å². The Morgan fingerprint density at radius 1 is 1.78 bits per heavy atom. The first-order valence-electron chi connectivity index (χ1n) is 3.55. The Balaban J connectivity index is 2.11. The molecule has 0 bridgehead atoms. The van der Waals surface area contributed by atoms with Crippen LogP contribution in [0.1, 0.15) is 19.8 Å². The molecule has 1 fully saturated rings. The van der Waals surface area contributed by atoms with Crippen molar-refractivity contribution in [1.82, 2.24) is 0 Å². The number of hydrogen-bond donors (Lipinski definition) is 1. The molecule has 54 valence electrons. The predicted molar refractivity (Wildman–Crippen MR) is 35.2 cm³/mol. The van der Waals surface area contributed by atoms with Gasteiger partial charge < -0.3 is 9.84 Å². The second kappa shape index (κ2) is 3.18. The molecule has 2 unspecified atom stereocenters. The molecule has 2 nitrogen and oxygen atoms in total. The van der Waals surface area contributed by atoms with Crippen molar-refractivity contribution in [3.05, 3.63) is 0 Å². The van der Waals surface area contributed by atoms with Crippen LogP contribution >= 0.6 is 0 Å². The van der Waals surface area contributed by atoms with Gasteiger partial charge in [0.15, 0.2) is 0 Å². The number of aliphatic hydroxyl groups is 1. The summed E-state index contributed by atoms with van der Waals surface area (Å²) in [5.74, 6) is 0.616. The molecular formula is C7H14O2. The lowest BCUT2D eigenvalue weighted by Crippen LogP contribution is -2.09. The molecule has 0 aliphatic carbocycles. The molecule has 0 aromatic rings. The van der Waals surface area contributed by atoms with E-state index >= 15 is 0 Å². The summed E-state index contributed by atoms with van der Waals surface area (Å²) in [6, 6.07) is 0. The second-order valence-electron chi connectivity index (χ2n) is 2.81. The van der Waals surface area contributed by atoms with E-state index in [1.165, 1.54) is 0 Å². The quantitative estimate of drug-likeness (QED) is 0.599. The van der Waals surface area contributed by atoms with Gasteiger partial charge in [-0.15, -0.1) is 0 Å². The minimum atomic E-state index is -0.156. The molecule has 0 aromatic carbocycles. The van der Waals surface area contributed by atoms with E-state index < -0.39 is 0 Å². The second-order valence-corrected chi connectivity index (χ2v) is 2.81. The fourth-order valence-electron chi connectivity index (χ4n) is 1.25. The van der Waals surface area contributed by atoms with Crippen LogP contribution < -0.4 is 0 Å². The normalized spacial score (nSPS) is 30.7. The Morgan fingerprint density at radius 3 is 3.00 bits per heavy atom. The van der Waals surface area contributed by atoms with Gasteiger partial charge in [0.25, 0.3) is 0 Å². The van der Waals surface area contributed by atoms with Gasteiger partial charge >= 0.3 is 0 Å². The van der Waals surface area contributed by atoms with Crippen molar-refractivity contribution < 1.29 is 9.84 Å². The summed E-state index contributed by atoms with van der Waals surface area (Å²) in [6.07, 6.45) is 1.88. The lowest BCUT2D eigenvalue weighted by atomic mass is 10.0. The molecule has 0 saturated carbocycles. The third-order valence-electron chi connectivity index (χ3n) is 1.70. The van der Waals surface area contributed by atoms with Crippen molar-refractivity contribution in [3.63, 3.8) is 0 Å². The molecular weight excluding hydrogens is 116 g/mol. The average Bonchev–Trinajstić information content (AvgIpc) is 2.15. The summed E-state index contributed by atoms with van der Waals surface area (Å²) < 4.78 is 5.15. The van der Waals surface area contributed by atoms with Crippen LogP contribution in [-0.2, 0) is 4.74 Å². The molecule has 0 spiro atoms. The third-order valence-corrected chi connectivity index (χ3v) is 1.70. The summed E-state index contributed by atoms with van der Waals surface area (Å²) >= 11 is 0. The summed E-state index contributed by atoms with van der Waals surface area (Å²) in [6.45, 7) is 3.57. The minimum Gasteiger partial charge on any atom is -0.393 e. The Kier molecular flexibility index (Phi) is 2.49. The SMILES string of the molecule is CC(O)CC1CCOC1. The van der Waals surface area contributed by atoms with Gasteiger partial charge in [-0.25, -0.2) is 0 Å². The summed E-state index contributed by atoms with van der Waals surface area (Å²) in [5.41, 5.74) is 0. The van der Waals surface area contributed by atoms with Gasteiger partial charge in [0.2, 0.25) is 0 Å². The summed E-state index contributed by atoms with van der Waals surface area (Å²) in [5, 5.41) is 8.96. The van der Waals surface area contributed by atoms with E-state index in [2.05, 4.69) is 0 Å². The highest BCUT2D eigenvalue weighted by molar-refractivity contribution is 4.66. The van der Waals surface area contributed by atoms with Crippen molar-refractivity contribution in [1.29, 1.82) is 0 Å². The van der Waals surface area contributed by atoms with Crippen molar-refractivity contribution in [3.8, 4) is 0 Å². The van der Waals surface area contributed by atoms with Crippen molar-refractivity contribution in [2.75, 3.05) is 13.2 Å². The Labute approximate surface area is 55.8 Å². The van der Waals surface area contributed by atoms with E-state index in [0.717, 1.165) is 26.1 Å². The van der Waals surface area contributed by atoms with Crippen LogP contribution in [0.5, 0.6) is 0 Å². The Hall–Kier alpha value is -0.0800. The van der Waals surface area contributed by atoms with Crippen molar-refractivity contribution >= 4 is 0 Å². The molecule has 1 rings (SSSR count). The highest BCUT2D eigenvalue weighted by atomic mass is 16.5. The molecule has 1 heterocycles. The van der Waals surface area contributed by atoms with Gasteiger partial charge in [-0.05, 0) is 25.7 Å². The van der Waals surface area contributed by atoms with Crippen LogP contribution in [-0.4, -0.2) is 24.4 Å². The molecule has 2 atom stereocenters. The lowest BCUT2D eigenvalue weighted by molar-refractivity contribution is 0.141. The maximum absolute atomic E-state index is 8.96. The molecule has 1 saturated heterocycles. The first-order valence-corrected chi connectivity index (χ1v) is 3.55. The van der Waals surface area contributed by atoms with E-state index in [0.29, 0.717) is 5.92 Å². The fourth-order valence-corrected chi connectivity index (χ4v) is 1.25. The zero-order chi connectivity index (χ0) is 6.69. The van der Waals surface area contributed by atoms with Gasteiger partial charge in [0.1, 0.15) is 0 Å². The van der Waals surface area contributed by atoms with Crippen LogP contribution in [0.3, 0.4) is 0 Å². The minimum absolute atomic E-state index is 0.156. The molecule has 2 heteroatoms. The van der Waals surface area contributed by atoms with Crippen LogP contribution in [0.4, 0.5) is 0 Å². The lowest BCUT2D eigenvalue weighted by Gasteiger charge is -2.08. The third kappa shape index (κ3) is 2.33. The molecule has 0 amide bonds. The summed E-state index contributed by atoms with van der Waals surface area (Å²) in [4.78, 5) is 0. The van der Waals surface area contributed by atoms with E-state index in [9.17, 15) is 0 Å². The first-order chi connectivity index (χ1) is 4.29. The number of rotatable bonds is 2. The van der Waals surface area contributed by atoms with E-state index in [1.807, 2.05) is 6.92 Å². The van der Waals surface area contributed by atoms with Crippen molar-refractivity contribution in [2.24, 2.45) is 5.92 Å². The van der Waals surface area contributed by atoms with Gasteiger partial charge in [-0.1, -0.05) is 0 Å². The van der Waals surface area contributed by atoms with Crippen LogP contribution in [0.2, 0.25) is 0 Å².